The monoisotopic (exact) mass is 213 g/mol. The molecule has 88 valence electrons. The number of carbonyl (C=O) groups is 1. The zero-order valence-electron chi connectivity index (χ0n) is 9.91. The predicted molar refractivity (Wildman–Crippen MR) is 60.9 cm³/mol. The van der Waals surface area contributed by atoms with E-state index in [4.69, 9.17) is 5.11 Å². The third kappa shape index (κ3) is 4.20. The van der Waals surface area contributed by atoms with Crippen molar-refractivity contribution in [1.82, 2.24) is 4.90 Å². The van der Waals surface area contributed by atoms with Crippen LogP contribution in [0.25, 0.3) is 0 Å². The molecule has 1 unspecified atom stereocenters. The number of aliphatic carboxylic acids is 1. The third-order valence-corrected chi connectivity index (χ3v) is 3.30. The van der Waals surface area contributed by atoms with E-state index in [1.807, 2.05) is 0 Å². The van der Waals surface area contributed by atoms with Gasteiger partial charge in [-0.3, -0.25) is 9.69 Å². The maximum atomic E-state index is 10.6. The van der Waals surface area contributed by atoms with E-state index < -0.39 is 5.97 Å². The minimum Gasteiger partial charge on any atom is -0.481 e. The summed E-state index contributed by atoms with van der Waals surface area (Å²) in [5.41, 5.74) is 0. The van der Waals surface area contributed by atoms with Gasteiger partial charge in [0.25, 0.3) is 0 Å². The van der Waals surface area contributed by atoms with E-state index in [0.29, 0.717) is 12.0 Å². The number of hydrogen-bond acceptors (Lipinski definition) is 2. The molecule has 1 atom stereocenters. The summed E-state index contributed by atoms with van der Waals surface area (Å²) in [5, 5.41) is 8.71. The fraction of sp³-hybridized carbons (Fsp3) is 0.917. The van der Waals surface area contributed by atoms with Gasteiger partial charge in [0.1, 0.15) is 0 Å². The maximum absolute atomic E-state index is 10.6. The number of nitrogens with zero attached hydrogens (tertiary/aromatic N) is 1. The fourth-order valence-corrected chi connectivity index (χ4v) is 2.47. The molecule has 0 saturated carbocycles. The highest BCUT2D eigenvalue weighted by Crippen LogP contribution is 2.22. The minimum atomic E-state index is -0.679. The van der Waals surface area contributed by atoms with Crippen molar-refractivity contribution in [3.63, 3.8) is 0 Å². The van der Waals surface area contributed by atoms with Crippen molar-refractivity contribution in [2.45, 2.75) is 52.0 Å². The molecule has 0 radical (unpaired) electrons. The van der Waals surface area contributed by atoms with Gasteiger partial charge < -0.3 is 5.11 Å². The molecule has 1 rings (SSSR count). The Morgan fingerprint density at radius 2 is 2.13 bits per heavy atom. The Morgan fingerprint density at radius 1 is 1.40 bits per heavy atom. The summed E-state index contributed by atoms with van der Waals surface area (Å²) < 4.78 is 0. The standard InChI is InChI=1S/C12H23NO2/c1-10(2)11-6-4-3-5-8-13(11)9-7-12(14)15/h10-11H,3-9H2,1-2H3,(H,14,15). The highest BCUT2D eigenvalue weighted by molar-refractivity contribution is 5.66. The molecule has 0 bridgehead atoms. The molecule has 0 aromatic rings. The van der Waals surface area contributed by atoms with E-state index >= 15 is 0 Å². The molecule has 0 amide bonds. The molecule has 1 fully saturated rings. The average Bonchev–Trinajstić information content (AvgIpc) is 2.39. The predicted octanol–water partition coefficient (Wildman–Crippen LogP) is 2.36. The third-order valence-electron chi connectivity index (χ3n) is 3.30. The summed E-state index contributed by atoms with van der Waals surface area (Å²) in [6.45, 7) is 6.28. The Hall–Kier alpha value is -0.570. The molecule has 1 aliphatic rings. The largest absolute Gasteiger partial charge is 0.481 e. The molecule has 1 heterocycles. The molecule has 3 nitrogen and oxygen atoms in total. The Kier molecular flexibility index (Phi) is 5.09. The molecule has 1 N–H and O–H groups in total. The van der Waals surface area contributed by atoms with Crippen LogP contribution in [-0.4, -0.2) is 35.1 Å². The van der Waals surface area contributed by atoms with Crippen molar-refractivity contribution in [2.75, 3.05) is 13.1 Å². The van der Waals surface area contributed by atoms with Gasteiger partial charge in [0.15, 0.2) is 0 Å². The summed E-state index contributed by atoms with van der Waals surface area (Å²) in [5.74, 6) is -0.0429. The van der Waals surface area contributed by atoms with Gasteiger partial charge in [-0.1, -0.05) is 26.7 Å². The van der Waals surface area contributed by atoms with Crippen molar-refractivity contribution in [2.24, 2.45) is 5.92 Å². The highest BCUT2D eigenvalue weighted by atomic mass is 16.4. The number of carboxylic acids is 1. The average molecular weight is 213 g/mol. The normalized spacial score (nSPS) is 24.1. The van der Waals surface area contributed by atoms with E-state index in [9.17, 15) is 4.79 Å². The number of likely N-dealkylation sites (tertiary alicyclic amines) is 1. The highest BCUT2D eigenvalue weighted by Gasteiger charge is 2.23. The molecule has 3 heteroatoms. The van der Waals surface area contributed by atoms with Crippen LogP contribution in [0.3, 0.4) is 0 Å². The lowest BCUT2D eigenvalue weighted by Gasteiger charge is -2.32. The molecular weight excluding hydrogens is 190 g/mol. The number of hydrogen-bond donors (Lipinski definition) is 1. The molecule has 0 aliphatic carbocycles. The van der Waals surface area contributed by atoms with Crippen LogP contribution >= 0.6 is 0 Å². The van der Waals surface area contributed by atoms with Gasteiger partial charge in [0.05, 0.1) is 6.42 Å². The van der Waals surface area contributed by atoms with E-state index in [1.54, 1.807) is 0 Å². The van der Waals surface area contributed by atoms with Crippen molar-refractivity contribution >= 4 is 5.97 Å². The smallest absolute Gasteiger partial charge is 0.304 e. The zero-order chi connectivity index (χ0) is 11.3. The molecule has 1 aliphatic heterocycles. The molecular formula is C12H23NO2. The van der Waals surface area contributed by atoms with E-state index in [2.05, 4.69) is 18.7 Å². The van der Waals surface area contributed by atoms with Gasteiger partial charge >= 0.3 is 5.97 Å². The van der Waals surface area contributed by atoms with E-state index in [1.165, 1.54) is 25.7 Å². The van der Waals surface area contributed by atoms with Gasteiger partial charge in [-0.25, -0.2) is 0 Å². The second kappa shape index (κ2) is 6.11. The summed E-state index contributed by atoms with van der Waals surface area (Å²) in [6.07, 6.45) is 5.34. The van der Waals surface area contributed by atoms with E-state index in [0.717, 1.165) is 13.1 Å². The van der Waals surface area contributed by atoms with Crippen LogP contribution in [-0.2, 0) is 4.79 Å². The summed E-state index contributed by atoms with van der Waals surface area (Å²) >= 11 is 0. The van der Waals surface area contributed by atoms with Crippen LogP contribution in [0.5, 0.6) is 0 Å². The first-order chi connectivity index (χ1) is 7.11. The van der Waals surface area contributed by atoms with Crippen molar-refractivity contribution in [3.8, 4) is 0 Å². The van der Waals surface area contributed by atoms with Crippen LogP contribution in [0.4, 0.5) is 0 Å². The van der Waals surface area contributed by atoms with Crippen LogP contribution in [0, 0.1) is 5.92 Å². The summed E-state index contributed by atoms with van der Waals surface area (Å²) in [6, 6.07) is 0.590. The fourth-order valence-electron chi connectivity index (χ4n) is 2.47. The SMILES string of the molecule is CC(C)C1CCCCCN1CCC(=O)O. The van der Waals surface area contributed by atoms with Crippen molar-refractivity contribution in [3.05, 3.63) is 0 Å². The topological polar surface area (TPSA) is 40.5 Å². The Balaban J connectivity index is 2.50. The molecule has 0 spiro atoms. The van der Waals surface area contributed by atoms with Gasteiger partial charge in [-0.2, -0.15) is 0 Å². The zero-order valence-corrected chi connectivity index (χ0v) is 9.91. The van der Waals surface area contributed by atoms with Crippen LogP contribution < -0.4 is 0 Å². The van der Waals surface area contributed by atoms with Gasteiger partial charge in [-0.05, 0) is 25.3 Å². The lowest BCUT2D eigenvalue weighted by atomic mass is 9.98. The lowest BCUT2D eigenvalue weighted by Crippen LogP contribution is -2.39. The number of rotatable bonds is 4. The minimum absolute atomic E-state index is 0.281. The molecule has 1 saturated heterocycles. The summed E-state index contributed by atoms with van der Waals surface area (Å²) in [7, 11) is 0. The Bertz CT molecular complexity index is 204. The Labute approximate surface area is 92.5 Å². The van der Waals surface area contributed by atoms with Crippen LogP contribution in [0.15, 0.2) is 0 Å². The molecule has 0 aromatic heterocycles. The quantitative estimate of drug-likeness (QED) is 0.779. The first-order valence-corrected chi connectivity index (χ1v) is 6.07. The summed E-state index contributed by atoms with van der Waals surface area (Å²) in [4.78, 5) is 13.0. The first kappa shape index (κ1) is 12.5. The molecule has 15 heavy (non-hydrogen) atoms. The van der Waals surface area contributed by atoms with Gasteiger partial charge in [0, 0.05) is 12.6 Å². The van der Waals surface area contributed by atoms with Crippen molar-refractivity contribution < 1.29 is 9.90 Å². The second-order valence-electron chi connectivity index (χ2n) is 4.84. The first-order valence-electron chi connectivity index (χ1n) is 6.07. The Morgan fingerprint density at radius 3 is 2.73 bits per heavy atom. The van der Waals surface area contributed by atoms with Gasteiger partial charge in [-0.15, -0.1) is 0 Å². The number of carboxylic acid groups (broad SMARTS) is 1. The van der Waals surface area contributed by atoms with E-state index in [-0.39, 0.29) is 6.42 Å². The maximum Gasteiger partial charge on any atom is 0.304 e. The van der Waals surface area contributed by atoms with Crippen molar-refractivity contribution in [1.29, 1.82) is 0 Å². The van der Waals surface area contributed by atoms with Gasteiger partial charge in [0.2, 0.25) is 0 Å². The van der Waals surface area contributed by atoms with Crippen LogP contribution in [0.2, 0.25) is 0 Å². The van der Waals surface area contributed by atoms with Crippen LogP contribution in [0.1, 0.15) is 46.0 Å². The second-order valence-corrected chi connectivity index (χ2v) is 4.84. The molecule has 0 aromatic carbocycles. The lowest BCUT2D eigenvalue weighted by molar-refractivity contribution is -0.137.